The van der Waals surface area contributed by atoms with Crippen molar-refractivity contribution in [1.82, 2.24) is 10.6 Å². The summed E-state index contributed by atoms with van der Waals surface area (Å²) in [5, 5.41) is 5.57. The molecule has 1 atom stereocenters. The lowest BCUT2D eigenvalue weighted by atomic mass is 10.3. The standard InChI is InChI=1S/C14H21FN2O2/c1-3-11(2)17-14(18)16-9-4-10-19-13-7-5-12(15)6-8-13/h5-8,11H,3-4,9-10H2,1-2H3,(H2,16,17,18). The third kappa shape index (κ3) is 6.64. The summed E-state index contributed by atoms with van der Waals surface area (Å²) in [5.41, 5.74) is 0. The van der Waals surface area contributed by atoms with E-state index in [0.29, 0.717) is 25.3 Å². The van der Waals surface area contributed by atoms with Crippen LogP contribution in [0.25, 0.3) is 0 Å². The minimum Gasteiger partial charge on any atom is -0.494 e. The van der Waals surface area contributed by atoms with Crippen molar-refractivity contribution >= 4 is 6.03 Å². The van der Waals surface area contributed by atoms with Crippen LogP contribution in [-0.2, 0) is 0 Å². The molecule has 0 radical (unpaired) electrons. The van der Waals surface area contributed by atoms with Crippen LogP contribution in [0.1, 0.15) is 26.7 Å². The second-order valence-electron chi connectivity index (χ2n) is 4.37. The summed E-state index contributed by atoms with van der Waals surface area (Å²) in [5.74, 6) is 0.348. The third-order valence-corrected chi connectivity index (χ3v) is 2.68. The monoisotopic (exact) mass is 268 g/mol. The zero-order valence-corrected chi connectivity index (χ0v) is 11.4. The lowest BCUT2D eigenvalue weighted by Gasteiger charge is -2.12. The fourth-order valence-electron chi connectivity index (χ4n) is 1.37. The average Bonchev–Trinajstić information content (AvgIpc) is 2.40. The number of hydrogen-bond acceptors (Lipinski definition) is 2. The quantitative estimate of drug-likeness (QED) is 0.747. The number of carbonyl (C=O) groups is 1. The van der Waals surface area contributed by atoms with Gasteiger partial charge < -0.3 is 15.4 Å². The first-order valence-corrected chi connectivity index (χ1v) is 6.54. The molecule has 4 nitrogen and oxygen atoms in total. The number of halogens is 1. The molecule has 1 aromatic rings. The summed E-state index contributed by atoms with van der Waals surface area (Å²) in [6.45, 7) is 5.00. The normalized spacial score (nSPS) is 11.7. The van der Waals surface area contributed by atoms with Crippen LogP contribution in [0.4, 0.5) is 9.18 Å². The molecule has 0 spiro atoms. The number of carbonyl (C=O) groups excluding carboxylic acids is 1. The topological polar surface area (TPSA) is 50.4 Å². The van der Waals surface area contributed by atoms with E-state index in [1.165, 1.54) is 12.1 Å². The first-order chi connectivity index (χ1) is 9.11. The van der Waals surface area contributed by atoms with Crippen LogP contribution in [0.5, 0.6) is 5.75 Å². The number of benzene rings is 1. The van der Waals surface area contributed by atoms with Crippen LogP contribution in [0.2, 0.25) is 0 Å². The van der Waals surface area contributed by atoms with Gasteiger partial charge in [0.2, 0.25) is 0 Å². The van der Waals surface area contributed by atoms with E-state index >= 15 is 0 Å². The van der Waals surface area contributed by atoms with Crippen molar-refractivity contribution in [2.24, 2.45) is 0 Å². The van der Waals surface area contributed by atoms with Crippen molar-refractivity contribution < 1.29 is 13.9 Å². The highest BCUT2D eigenvalue weighted by molar-refractivity contribution is 5.74. The maximum atomic E-state index is 12.6. The highest BCUT2D eigenvalue weighted by Gasteiger charge is 2.03. The minimum atomic E-state index is -0.282. The largest absolute Gasteiger partial charge is 0.494 e. The Morgan fingerprint density at radius 2 is 2.05 bits per heavy atom. The molecule has 0 aliphatic heterocycles. The summed E-state index contributed by atoms with van der Waals surface area (Å²) in [7, 11) is 0. The number of rotatable bonds is 7. The highest BCUT2D eigenvalue weighted by Crippen LogP contribution is 2.10. The summed E-state index contributed by atoms with van der Waals surface area (Å²) < 4.78 is 18.0. The molecule has 0 aliphatic rings. The average molecular weight is 268 g/mol. The minimum absolute atomic E-state index is 0.156. The SMILES string of the molecule is CCC(C)NC(=O)NCCCOc1ccc(F)cc1. The van der Waals surface area contributed by atoms with E-state index in [4.69, 9.17) is 4.74 Å². The van der Waals surface area contributed by atoms with E-state index in [9.17, 15) is 9.18 Å². The van der Waals surface area contributed by atoms with Gasteiger partial charge in [-0.3, -0.25) is 0 Å². The summed E-state index contributed by atoms with van der Waals surface area (Å²) in [4.78, 5) is 11.4. The molecule has 1 rings (SSSR count). The molecule has 0 aliphatic carbocycles. The molecule has 2 N–H and O–H groups in total. The van der Waals surface area contributed by atoms with Crippen LogP contribution in [0, 0.1) is 5.82 Å². The van der Waals surface area contributed by atoms with Crippen LogP contribution < -0.4 is 15.4 Å². The van der Waals surface area contributed by atoms with Gasteiger partial charge >= 0.3 is 6.03 Å². The second kappa shape index (κ2) is 8.34. The Balaban J connectivity index is 2.08. The van der Waals surface area contributed by atoms with E-state index in [1.54, 1.807) is 12.1 Å². The Labute approximate surface area is 113 Å². The predicted molar refractivity (Wildman–Crippen MR) is 72.8 cm³/mol. The molecular weight excluding hydrogens is 247 g/mol. The van der Waals surface area contributed by atoms with Gasteiger partial charge in [0.1, 0.15) is 11.6 Å². The number of amides is 2. The zero-order valence-electron chi connectivity index (χ0n) is 11.4. The van der Waals surface area contributed by atoms with Gasteiger partial charge in [0.15, 0.2) is 0 Å². The smallest absolute Gasteiger partial charge is 0.314 e. The number of hydrogen-bond donors (Lipinski definition) is 2. The Morgan fingerprint density at radius 1 is 1.37 bits per heavy atom. The highest BCUT2D eigenvalue weighted by atomic mass is 19.1. The van der Waals surface area contributed by atoms with Crippen molar-refractivity contribution in [2.75, 3.05) is 13.2 Å². The van der Waals surface area contributed by atoms with E-state index < -0.39 is 0 Å². The Hall–Kier alpha value is -1.78. The van der Waals surface area contributed by atoms with Gasteiger partial charge in [-0.1, -0.05) is 6.92 Å². The van der Waals surface area contributed by atoms with Gasteiger partial charge in [0, 0.05) is 12.6 Å². The maximum absolute atomic E-state index is 12.6. The number of nitrogens with one attached hydrogen (secondary N) is 2. The molecule has 0 fully saturated rings. The molecule has 0 saturated carbocycles. The molecule has 2 amide bonds. The number of urea groups is 1. The fraction of sp³-hybridized carbons (Fsp3) is 0.500. The molecule has 0 bridgehead atoms. The van der Waals surface area contributed by atoms with Crippen molar-refractivity contribution in [3.8, 4) is 5.75 Å². The summed E-state index contributed by atoms with van der Waals surface area (Å²) in [6.07, 6.45) is 1.60. The maximum Gasteiger partial charge on any atom is 0.314 e. The molecule has 1 unspecified atom stereocenters. The van der Waals surface area contributed by atoms with Gasteiger partial charge in [-0.15, -0.1) is 0 Å². The van der Waals surface area contributed by atoms with Crippen molar-refractivity contribution in [3.05, 3.63) is 30.1 Å². The summed E-state index contributed by atoms with van der Waals surface area (Å²) in [6, 6.07) is 5.89. The van der Waals surface area contributed by atoms with Crippen LogP contribution >= 0.6 is 0 Å². The number of ether oxygens (including phenoxy) is 1. The van der Waals surface area contributed by atoms with E-state index in [0.717, 1.165) is 6.42 Å². The molecule has 0 heterocycles. The van der Waals surface area contributed by atoms with Crippen molar-refractivity contribution in [2.45, 2.75) is 32.7 Å². The van der Waals surface area contributed by atoms with Gasteiger partial charge in [-0.05, 0) is 44.0 Å². The zero-order chi connectivity index (χ0) is 14.1. The van der Waals surface area contributed by atoms with Gasteiger partial charge in [0.25, 0.3) is 0 Å². The first kappa shape index (κ1) is 15.3. The van der Waals surface area contributed by atoms with Crippen molar-refractivity contribution in [1.29, 1.82) is 0 Å². The molecular formula is C14H21FN2O2. The second-order valence-corrected chi connectivity index (χ2v) is 4.37. The molecule has 19 heavy (non-hydrogen) atoms. The predicted octanol–water partition coefficient (Wildman–Crippen LogP) is 2.69. The third-order valence-electron chi connectivity index (χ3n) is 2.68. The van der Waals surface area contributed by atoms with E-state index in [-0.39, 0.29) is 17.9 Å². The molecule has 1 aromatic carbocycles. The van der Waals surface area contributed by atoms with Gasteiger partial charge in [-0.2, -0.15) is 0 Å². The van der Waals surface area contributed by atoms with Crippen LogP contribution in [0.15, 0.2) is 24.3 Å². The molecule has 0 aromatic heterocycles. The van der Waals surface area contributed by atoms with Crippen LogP contribution in [-0.4, -0.2) is 25.2 Å². The van der Waals surface area contributed by atoms with E-state index in [1.807, 2.05) is 13.8 Å². The van der Waals surface area contributed by atoms with Gasteiger partial charge in [-0.25, -0.2) is 9.18 Å². The molecule has 5 heteroatoms. The fourth-order valence-corrected chi connectivity index (χ4v) is 1.37. The lowest BCUT2D eigenvalue weighted by molar-refractivity contribution is 0.235. The Kier molecular flexibility index (Phi) is 6.71. The summed E-state index contributed by atoms with van der Waals surface area (Å²) >= 11 is 0. The van der Waals surface area contributed by atoms with Crippen LogP contribution in [0.3, 0.4) is 0 Å². The van der Waals surface area contributed by atoms with Gasteiger partial charge in [0.05, 0.1) is 6.61 Å². The molecule has 106 valence electrons. The van der Waals surface area contributed by atoms with E-state index in [2.05, 4.69) is 10.6 Å². The lowest BCUT2D eigenvalue weighted by Crippen LogP contribution is -2.41. The Bertz CT molecular complexity index is 382. The first-order valence-electron chi connectivity index (χ1n) is 6.54. The van der Waals surface area contributed by atoms with Crippen molar-refractivity contribution in [3.63, 3.8) is 0 Å². The Morgan fingerprint density at radius 3 is 2.68 bits per heavy atom. The molecule has 0 saturated heterocycles.